The van der Waals surface area contributed by atoms with Crippen LogP contribution in [0.1, 0.15) is 29.0 Å². The molecular formula is C17H17Cl2N3O3S2. The molecule has 0 atom stereocenters. The molecular weight excluding hydrogens is 429 g/mol. The van der Waals surface area contributed by atoms with Gasteiger partial charge in [-0.15, -0.1) is 11.3 Å². The quantitative estimate of drug-likeness (QED) is 0.774. The van der Waals surface area contributed by atoms with E-state index in [1.165, 1.54) is 27.8 Å². The molecule has 1 amide bonds. The number of carbonyl (C=O) groups excluding carboxylic acids is 1. The van der Waals surface area contributed by atoms with Crippen molar-refractivity contribution in [2.75, 3.05) is 11.9 Å². The average molecular weight is 446 g/mol. The van der Waals surface area contributed by atoms with Gasteiger partial charge < -0.3 is 5.32 Å². The Morgan fingerprint density at radius 3 is 2.74 bits per heavy atom. The molecule has 0 spiro atoms. The molecule has 144 valence electrons. The molecule has 6 nitrogen and oxygen atoms in total. The lowest BCUT2D eigenvalue weighted by Crippen LogP contribution is -2.35. The van der Waals surface area contributed by atoms with Crippen LogP contribution in [-0.4, -0.2) is 30.2 Å². The maximum Gasteiger partial charge on any atom is 0.244 e. The number of aryl methyl sites for hydroxylation is 1. The third-order valence-corrected chi connectivity index (χ3v) is 8.42. The predicted molar refractivity (Wildman–Crippen MR) is 106 cm³/mol. The van der Waals surface area contributed by atoms with Crippen molar-refractivity contribution in [1.82, 2.24) is 9.29 Å². The van der Waals surface area contributed by atoms with Gasteiger partial charge in [0.2, 0.25) is 15.9 Å². The van der Waals surface area contributed by atoms with E-state index in [9.17, 15) is 13.2 Å². The summed E-state index contributed by atoms with van der Waals surface area (Å²) in [5.74, 6) is 0.0899. The molecule has 1 aliphatic carbocycles. The number of hydrogen-bond donors (Lipinski definition) is 1. The molecule has 1 aliphatic heterocycles. The second-order valence-corrected chi connectivity index (χ2v) is 10.6. The first kappa shape index (κ1) is 19.1. The van der Waals surface area contributed by atoms with Crippen molar-refractivity contribution in [3.8, 4) is 0 Å². The van der Waals surface area contributed by atoms with Gasteiger partial charge in [-0.05, 0) is 37.5 Å². The number of fused-ring (bicyclic) bond motifs is 1. The normalized spacial score (nSPS) is 17.6. The van der Waals surface area contributed by atoms with Crippen molar-refractivity contribution < 1.29 is 13.2 Å². The largest absolute Gasteiger partial charge is 0.302 e. The summed E-state index contributed by atoms with van der Waals surface area (Å²) in [4.78, 5) is 17.3. The minimum absolute atomic E-state index is 0.00556. The van der Waals surface area contributed by atoms with Crippen molar-refractivity contribution in [3.63, 3.8) is 0 Å². The van der Waals surface area contributed by atoms with Crippen molar-refractivity contribution in [2.45, 2.75) is 37.6 Å². The number of rotatable bonds is 4. The third-order valence-electron chi connectivity index (χ3n) is 4.71. The zero-order valence-corrected chi connectivity index (χ0v) is 17.6. The van der Waals surface area contributed by atoms with Gasteiger partial charge in [0.1, 0.15) is 4.90 Å². The summed E-state index contributed by atoms with van der Waals surface area (Å²) in [5.41, 5.74) is 1.50. The minimum atomic E-state index is -3.76. The maximum absolute atomic E-state index is 13.1. The number of nitrogens with zero attached hydrogens (tertiary/aromatic N) is 2. The lowest BCUT2D eigenvalue weighted by atomic mass is 10.2. The van der Waals surface area contributed by atoms with Gasteiger partial charge in [0.05, 0.1) is 17.3 Å². The summed E-state index contributed by atoms with van der Waals surface area (Å²) in [6.45, 7) is 2.27. The molecule has 4 rings (SSSR count). The molecule has 0 bridgehead atoms. The Balaban J connectivity index is 1.57. The highest BCUT2D eigenvalue weighted by atomic mass is 35.5. The number of aromatic nitrogens is 1. The molecule has 10 heteroatoms. The number of amides is 1. The number of hydrogen-bond acceptors (Lipinski definition) is 5. The average Bonchev–Trinajstić information content (AvgIpc) is 3.38. The Morgan fingerprint density at radius 1 is 1.30 bits per heavy atom. The Bertz CT molecular complexity index is 1030. The fourth-order valence-corrected chi connectivity index (χ4v) is 6.28. The highest BCUT2D eigenvalue weighted by Gasteiger charge is 2.33. The summed E-state index contributed by atoms with van der Waals surface area (Å²) in [6.07, 6.45) is 2.34. The molecule has 0 saturated heterocycles. The maximum atomic E-state index is 13.1. The highest BCUT2D eigenvalue weighted by molar-refractivity contribution is 7.89. The summed E-state index contributed by atoms with van der Waals surface area (Å²) in [5, 5.41) is 3.91. The third kappa shape index (κ3) is 3.73. The molecule has 0 unspecified atom stereocenters. The summed E-state index contributed by atoms with van der Waals surface area (Å²) in [7, 11) is -3.76. The minimum Gasteiger partial charge on any atom is -0.302 e. The molecule has 0 radical (unpaired) electrons. The van der Waals surface area contributed by atoms with Crippen LogP contribution in [0, 0.1) is 12.8 Å². The molecule has 2 heterocycles. The second kappa shape index (κ2) is 7.00. The number of anilines is 1. The number of thiazole rings is 1. The number of nitrogens with one attached hydrogen (secondary N) is 1. The van der Waals surface area contributed by atoms with Crippen LogP contribution >= 0.6 is 34.5 Å². The lowest BCUT2D eigenvalue weighted by Gasteiger charge is -2.26. The van der Waals surface area contributed by atoms with Crippen LogP contribution in [-0.2, 0) is 27.8 Å². The first-order valence-corrected chi connectivity index (χ1v) is 11.5. The van der Waals surface area contributed by atoms with Gasteiger partial charge in [0.15, 0.2) is 5.13 Å². The summed E-state index contributed by atoms with van der Waals surface area (Å²) < 4.78 is 27.6. The van der Waals surface area contributed by atoms with Crippen LogP contribution in [0.5, 0.6) is 0 Å². The topological polar surface area (TPSA) is 79.4 Å². The molecule has 2 aliphatic rings. The number of halogens is 2. The van der Waals surface area contributed by atoms with Crippen LogP contribution in [0.4, 0.5) is 5.13 Å². The summed E-state index contributed by atoms with van der Waals surface area (Å²) >= 11 is 13.5. The molecule has 1 saturated carbocycles. The van der Waals surface area contributed by atoms with E-state index in [0.29, 0.717) is 28.7 Å². The van der Waals surface area contributed by atoms with E-state index >= 15 is 0 Å². The number of sulfonamides is 1. The first-order valence-electron chi connectivity index (χ1n) is 8.51. The van der Waals surface area contributed by atoms with Gasteiger partial charge >= 0.3 is 0 Å². The van der Waals surface area contributed by atoms with Gasteiger partial charge in [0.25, 0.3) is 0 Å². The van der Waals surface area contributed by atoms with E-state index in [-0.39, 0.29) is 28.3 Å². The Kier molecular flexibility index (Phi) is 4.97. The van der Waals surface area contributed by atoms with E-state index < -0.39 is 10.0 Å². The van der Waals surface area contributed by atoms with Gasteiger partial charge in [-0.2, -0.15) is 4.31 Å². The van der Waals surface area contributed by atoms with Crippen LogP contribution in [0.15, 0.2) is 17.0 Å². The number of benzene rings is 1. The van der Waals surface area contributed by atoms with Gasteiger partial charge in [-0.3, -0.25) is 4.79 Å². The first-order chi connectivity index (χ1) is 12.8. The smallest absolute Gasteiger partial charge is 0.244 e. The highest BCUT2D eigenvalue weighted by Crippen LogP contribution is 2.36. The van der Waals surface area contributed by atoms with E-state index in [0.717, 1.165) is 23.4 Å². The Morgan fingerprint density at radius 2 is 2.04 bits per heavy atom. The molecule has 1 aromatic carbocycles. The molecule has 27 heavy (non-hydrogen) atoms. The Labute approximate surface area is 171 Å². The lowest BCUT2D eigenvalue weighted by molar-refractivity contribution is -0.117. The van der Waals surface area contributed by atoms with E-state index in [4.69, 9.17) is 23.2 Å². The van der Waals surface area contributed by atoms with E-state index in [2.05, 4.69) is 10.3 Å². The number of carbonyl (C=O) groups is 1. The fraction of sp³-hybridized carbons (Fsp3) is 0.412. The van der Waals surface area contributed by atoms with Crippen molar-refractivity contribution >= 4 is 55.6 Å². The zero-order valence-electron chi connectivity index (χ0n) is 14.5. The van der Waals surface area contributed by atoms with E-state index in [1.807, 2.05) is 0 Å². The molecule has 2 aromatic rings. The Hall–Kier alpha value is -1.19. The summed E-state index contributed by atoms with van der Waals surface area (Å²) in [6, 6.07) is 2.96. The van der Waals surface area contributed by atoms with Crippen LogP contribution < -0.4 is 5.32 Å². The molecule has 1 fully saturated rings. The van der Waals surface area contributed by atoms with Crippen LogP contribution in [0.25, 0.3) is 0 Å². The standard InChI is InChI=1S/C17H17Cl2N3O3S2/c1-9-6-15(12(19)7-11(9)18)27(24,25)22-5-4-13-14(8-22)26-17(20-13)21-16(23)10-2-3-10/h6-7,10H,2-5,8H2,1H3,(H,20,21,23). The van der Waals surface area contributed by atoms with Crippen molar-refractivity contribution in [3.05, 3.63) is 38.3 Å². The fourth-order valence-electron chi connectivity index (χ4n) is 2.95. The second-order valence-electron chi connectivity index (χ2n) is 6.77. The molecule has 1 aromatic heterocycles. The van der Waals surface area contributed by atoms with E-state index in [1.54, 1.807) is 6.92 Å². The van der Waals surface area contributed by atoms with Gasteiger partial charge in [-0.1, -0.05) is 23.2 Å². The van der Waals surface area contributed by atoms with Gasteiger partial charge in [0, 0.05) is 28.8 Å². The monoisotopic (exact) mass is 445 g/mol. The van der Waals surface area contributed by atoms with Crippen LogP contribution in [0.3, 0.4) is 0 Å². The SMILES string of the molecule is Cc1cc(S(=O)(=O)N2CCc3nc(NC(=O)C4CC4)sc3C2)c(Cl)cc1Cl. The van der Waals surface area contributed by atoms with Crippen molar-refractivity contribution in [1.29, 1.82) is 0 Å². The van der Waals surface area contributed by atoms with Crippen LogP contribution in [0.2, 0.25) is 10.0 Å². The van der Waals surface area contributed by atoms with Crippen molar-refractivity contribution in [2.24, 2.45) is 5.92 Å². The predicted octanol–water partition coefficient (Wildman–Crippen LogP) is 3.85. The van der Waals surface area contributed by atoms with Gasteiger partial charge in [-0.25, -0.2) is 13.4 Å². The molecule has 1 N–H and O–H groups in total. The zero-order chi connectivity index (χ0) is 19.3.